The number of ether oxygens (including phenoxy) is 2. The van der Waals surface area contributed by atoms with Crippen molar-refractivity contribution < 1.29 is 23.5 Å². The van der Waals surface area contributed by atoms with E-state index in [4.69, 9.17) is 9.47 Å². The number of ketones is 1. The number of hydrogen-bond acceptors (Lipinski definition) is 4. The van der Waals surface area contributed by atoms with Crippen LogP contribution in [-0.2, 0) is 14.3 Å². The molecule has 0 saturated heterocycles. The monoisotopic (exact) mass is 268 g/mol. The van der Waals surface area contributed by atoms with Gasteiger partial charge in [-0.2, -0.15) is 0 Å². The Morgan fingerprint density at radius 2 is 2.00 bits per heavy atom. The lowest BCUT2D eigenvalue weighted by atomic mass is 10.2. The lowest BCUT2D eigenvalue weighted by Gasteiger charge is -2.06. The molecule has 0 fully saturated rings. The number of carbonyl (C=O) groups excluding carboxylic acids is 2. The number of halogens is 1. The van der Waals surface area contributed by atoms with E-state index in [2.05, 4.69) is 0 Å². The number of esters is 1. The van der Waals surface area contributed by atoms with Crippen molar-refractivity contribution in [2.45, 2.75) is 26.7 Å². The molecule has 1 aromatic carbocycles. The van der Waals surface area contributed by atoms with Crippen LogP contribution < -0.4 is 4.74 Å². The summed E-state index contributed by atoms with van der Waals surface area (Å²) in [5.74, 6) is -0.479. The Morgan fingerprint density at radius 1 is 1.26 bits per heavy atom. The minimum atomic E-state index is -0.395. The fourth-order valence-corrected chi connectivity index (χ4v) is 1.42. The third kappa shape index (κ3) is 5.50. The zero-order valence-corrected chi connectivity index (χ0v) is 11.1. The highest BCUT2D eigenvalue weighted by molar-refractivity contribution is 5.84. The fraction of sp³-hybridized carbons (Fsp3) is 0.429. The molecular weight excluding hydrogens is 251 g/mol. The van der Waals surface area contributed by atoms with Crippen LogP contribution in [0.5, 0.6) is 5.75 Å². The lowest BCUT2D eigenvalue weighted by Crippen LogP contribution is -2.14. The molecule has 0 aliphatic rings. The van der Waals surface area contributed by atoms with Crippen LogP contribution in [0.4, 0.5) is 4.39 Å². The van der Waals surface area contributed by atoms with Gasteiger partial charge in [-0.25, -0.2) is 4.39 Å². The number of hydrogen-bond donors (Lipinski definition) is 0. The maximum Gasteiger partial charge on any atom is 0.306 e. The maximum absolute atomic E-state index is 13.0. The summed E-state index contributed by atoms with van der Waals surface area (Å²) in [4.78, 5) is 22.5. The van der Waals surface area contributed by atoms with Crippen molar-refractivity contribution in [1.82, 2.24) is 0 Å². The second-order valence-electron chi connectivity index (χ2n) is 4.04. The van der Waals surface area contributed by atoms with Crippen LogP contribution in [0.2, 0.25) is 0 Å². The van der Waals surface area contributed by atoms with Gasteiger partial charge in [0.25, 0.3) is 0 Å². The molecule has 0 atom stereocenters. The van der Waals surface area contributed by atoms with Crippen LogP contribution in [0, 0.1) is 12.7 Å². The molecule has 19 heavy (non-hydrogen) atoms. The van der Waals surface area contributed by atoms with E-state index in [0.29, 0.717) is 17.9 Å². The van der Waals surface area contributed by atoms with E-state index >= 15 is 0 Å². The summed E-state index contributed by atoms with van der Waals surface area (Å²) in [5, 5.41) is 0. The molecule has 0 bridgehead atoms. The van der Waals surface area contributed by atoms with Crippen molar-refractivity contribution in [3.05, 3.63) is 29.6 Å². The van der Waals surface area contributed by atoms with Crippen molar-refractivity contribution in [3.8, 4) is 5.75 Å². The summed E-state index contributed by atoms with van der Waals surface area (Å²) in [7, 11) is 0. The Kier molecular flexibility index (Phi) is 5.99. The van der Waals surface area contributed by atoms with Crippen molar-refractivity contribution in [1.29, 1.82) is 0 Å². The molecule has 0 aromatic heterocycles. The Morgan fingerprint density at radius 3 is 2.63 bits per heavy atom. The molecule has 5 heteroatoms. The van der Waals surface area contributed by atoms with E-state index in [1.165, 1.54) is 18.2 Å². The molecule has 0 amide bonds. The van der Waals surface area contributed by atoms with Gasteiger partial charge in [-0.3, -0.25) is 9.59 Å². The Hall–Kier alpha value is -1.91. The van der Waals surface area contributed by atoms with E-state index in [0.717, 1.165) is 0 Å². The molecule has 4 nitrogen and oxygen atoms in total. The SMILES string of the molecule is CCOC(=O)CCC(=O)COc1ccc(F)c(C)c1. The molecule has 0 spiro atoms. The highest BCUT2D eigenvalue weighted by Crippen LogP contribution is 2.15. The summed E-state index contributed by atoms with van der Waals surface area (Å²) < 4.78 is 22.9. The van der Waals surface area contributed by atoms with Gasteiger partial charge >= 0.3 is 5.97 Å². The fourth-order valence-electron chi connectivity index (χ4n) is 1.42. The molecular formula is C14H17FO4. The summed E-state index contributed by atoms with van der Waals surface area (Å²) >= 11 is 0. The van der Waals surface area contributed by atoms with E-state index in [9.17, 15) is 14.0 Å². The van der Waals surface area contributed by atoms with Gasteiger partial charge in [0.2, 0.25) is 0 Å². The Bertz CT molecular complexity index is 457. The molecule has 0 radical (unpaired) electrons. The average molecular weight is 268 g/mol. The van der Waals surface area contributed by atoms with E-state index in [1.807, 2.05) is 0 Å². The highest BCUT2D eigenvalue weighted by Gasteiger charge is 2.09. The molecule has 1 rings (SSSR count). The van der Waals surface area contributed by atoms with Gasteiger partial charge in [-0.15, -0.1) is 0 Å². The minimum Gasteiger partial charge on any atom is -0.486 e. The zero-order valence-electron chi connectivity index (χ0n) is 11.1. The van der Waals surface area contributed by atoms with Crippen molar-refractivity contribution in [2.75, 3.05) is 13.2 Å². The van der Waals surface area contributed by atoms with Crippen molar-refractivity contribution in [3.63, 3.8) is 0 Å². The highest BCUT2D eigenvalue weighted by atomic mass is 19.1. The summed E-state index contributed by atoms with van der Waals surface area (Å²) in [5.41, 5.74) is 0.455. The van der Waals surface area contributed by atoms with Crippen molar-refractivity contribution >= 4 is 11.8 Å². The third-order valence-corrected chi connectivity index (χ3v) is 2.44. The molecule has 104 valence electrons. The van der Waals surface area contributed by atoms with Gasteiger partial charge < -0.3 is 9.47 Å². The van der Waals surface area contributed by atoms with Crippen LogP contribution in [0.3, 0.4) is 0 Å². The van der Waals surface area contributed by atoms with Crippen LogP contribution in [0.15, 0.2) is 18.2 Å². The van der Waals surface area contributed by atoms with Gasteiger partial charge in [-0.05, 0) is 37.6 Å². The molecule has 1 aromatic rings. The first kappa shape index (κ1) is 15.1. The van der Waals surface area contributed by atoms with Crippen LogP contribution in [0.1, 0.15) is 25.3 Å². The number of aryl methyl sites for hydroxylation is 1. The zero-order chi connectivity index (χ0) is 14.3. The summed E-state index contributed by atoms with van der Waals surface area (Å²) in [6.45, 7) is 3.49. The molecule has 0 saturated carbocycles. The van der Waals surface area contributed by atoms with Crippen LogP contribution >= 0.6 is 0 Å². The Balaban J connectivity index is 2.33. The number of Topliss-reactive ketones (excluding diaryl/α,β-unsaturated/α-hetero) is 1. The lowest BCUT2D eigenvalue weighted by molar-refractivity contribution is -0.144. The topological polar surface area (TPSA) is 52.6 Å². The predicted octanol–water partition coefficient (Wildman–Crippen LogP) is 2.43. The number of carbonyl (C=O) groups is 2. The standard InChI is InChI=1S/C14H17FO4/c1-3-18-14(17)7-4-11(16)9-19-12-5-6-13(15)10(2)8-12/h5-6,8H,3-4,7,9H2,1-2H3. The maximum atomic E-state index is 13.0. The van der Waals surface area contributed by atoms with Gasteiger partial charge in [0, 0.05) is 6.42 Å². The van der Waals surface area contributed by atoms with Crippen LogP contribution in [0.25, 0.3) is 0 Å². The minimum absolute atomic E-state index is 0.0540. The second kappa shape index (κ2) is 7.51. The molecule has 0 N–H and O–H groups in total. The normalized spacial score (nSPS) is 10.1. The summed E-state index contributed by atoms with van der Waals surface area (Å²) in [6.07, 6.45) is 0.136. The molecule has 0 heterocycles. The van der Waals surface area contributed by atoms with Gasteiger partial charge in [0.15, 0.2) is 5.78 Å². The number of rotatable bonds is 7. The first-order valence-corrected chi connectivity index (χ1v) is 6.09. The van der Waals surface area contributed by atoms with Crippen molar-refractivity contribution in [2.24, 2.45) is 0 Å². The third-order valence-electron chi connectivity index (χ3n) is 2.44. The smallest absolute Gasteiger partial charge is 0.306 e. The van der Waals surface area contributed by atoms with E-state index in [1.54, 1.807) is 13.8 Å². The first-order chi connectivity index (χ1) is 9.02. The van der Waals surface area contributed by atoms with Gasteiger partial charge in [-0.1, -0.05) is 0 Å². The van der Waals surface area contributed by atoms with E-state index in [-0.39, 0.29) is 31.0 Å². The van der Waals surface area contributed by atoms with Gasteiger partial charge in [0.1, 0.15) is 18.2 Å². The van der Waals surface area contributed by atoms with Gasteiger partial charge in [0.05, 0.1) is 13.0 Å². The largest absolute Gasteiger partial charge is 0.486 e. The first-order valence-electron chi connectivity index (χ1n) is 6.09. The summed E-state index contributed by atoms with van der Waals surface area (Å²) in [6, 6.07) is 4.27. The number of benzene rings is 1. The second-order valence-corrected chi connectivity index (χ2v) is 4.04. The molecule has 0 unspecified atom stereocenters. The average Bonchev–Trinajstić information content (AvgIpc) is 2.38. The van der Waals surface area contributed by atoms with Crippen LogP contribution in [-0.4, -0.2) is 25.0 Å². The molecule has 0 aliphatic carbocycles. The Labute approximate surface area is 111 Å². The van der Waals surface area contributed by atoms with E-state index < -0.39 is 5.97 Å². The molecule has 0 aliphatic heterocycles. The predicted molar refractivity (Wildman–Crippen MR) is 67.5 cm³/mol. The quantitative estimate of drug-likeness (QED) is 0.713.